The first kappa shape index (κ1) is 14.4. The molecule has 0 aliphatic heterocycles. The highest BCUT2D eigenvalue weighted by Crippen LogP contribution is 2.37. The molecule has 0 aliphatic rings. The van der Waals surface area contributed by atoms with Crippen LogP contribution in [0.3, 0.4) is 0 Å². The summed E-state index contributed by atoms with van der Waals surface area (Å²) < 4.78 is 43.3. The van der Waals surface area contributed by atoms with Gasteiger partial charge in [0.1, 0.15) is 0 Å². The molecule has 1 aromatic heterocycles. The molecule has 0 amide bonds. The van der Waals surface area contributed by atoms with Gasteiger partial charge in [-0.1, -0.05) is 27.5 Å². The predicted molar refractivity (Wildman–Crippen MR) is 70.8 cm³/mol. The Morgan fingerprint density at radius 2 is 2.05 bits per heavy atom. The van der Waals surface area contributed by atoms with Crippen LogP contribution >= 0.6 is 27.5 Å². The van der Waals surface area contributed by atoms with Gasteiger partial charge in [-0.3, -0.25) is 0 Å². The van der Waals surface area contributed by atoms with Crippen molar-refractivity contribution in [3.05, 3.63) is 33.3 Å². The number of methoxy groups -OCH3 is 1. The van der Waals surface area contributed by atoms with E-state index in [9.17, 15) is 13.2 Å². The standard InChI is InChI=1S/C12H8BrClF3NO/c1-19-11-8(5-12(15,16)17)10(14)7-4-6(13)2-3-9(7)18-11/h2-4H,5H2,1H3. The van der Waals surface area contributed by atoms with E-state index in [1.807, 2.05) is 0 Å². The van der Waals surface area contributed by atoms with Crippen LogP contribution in [0.15, 0.2) is 22.7 Å². The van der Waals surface area contributed by atoms with Gasteiger partial charge in [0.15, 0.2) is 0 Å². The van der Waals surface area contributed by atoms with Crippen molar-refractivity contribution in [2.24, 2.45) is 0 Å². The minimum atomic E-state index is -4.38. The molecular formula is C12H8BrClF3NO. The Labute approximate surface area is 120 Å². The molecule has 0 atom stereocenters. The van der Waals surface area contributed by atoms with Gasteiger partial charge >= 0.3 is 6.18 Å². The van der Waals surface area contributed by atoms with Crippen molar-refractivity contribution in [3.63, 3.8) is 0 Å². The molecule has 2 aromatic rings. The topological polar surface area (TPSA) is 22.1 Å². The number of hydrogen-bond acceptors (Lipinski definition) is 2. The highest BCUT2D eigenvalue weighted by atomic mass is 79.9. The van der Waals surface area contributed by atoms with Gasteiger partial charge in [-0.25, -0.2) is 4.98 Å². The lowest BCUT2D eigenvalue weighted by Gasteiger charge is -2.14. The summed E-state index contributed by atoms with van der Waals surface area (Å²) in [4.78, 5) is 4.05. The molecule has 102 valence electrons. The Bertz CT molecular complexity index is 630. The number of hydrogen-bond donors (Lipinski definition) is 0. The van der Waals surface area contributed by atoms with Crippen LogP contribution in [0.2, 0.25) is 5.02 Å². The van der Waals surface area contributed by atoms with Crippen LogP contribution in [-0.4, -0.2) is 18.3 Å². The maximum Gasteiger partial charge on any atom is 0.393 e. The summed E-state index contributed by atoms with van der Waals surface area (Å²) in [5, 5.41) is 0.469. The molecule has 0 spiro atoms. The minimum absolute atomic E-state index is 0.0143. The van der Waals surface area contributed by atoms with Crippen molar-refractivity contribution in [1.82, 2.24) is 4.98 Å². The molecule has 2 nitrogen and oxygen atoms in total. The zero-order chi connectivity index (χ0) is 14.2. The van der Waals surface area contributed by atoms with Crippen LogP contribution in [0.1, 0.15) is 5.56 Å². The second-order valence-electron chi connectivity index (χ2n) is 3.87. The molecule has 0 saturated heterocycles. The Balaban J connectivity index is 2.70. The van der Waals surface area contributed by atoms with Gasteiger partial charge in [-0.15, -0.1) is 0 Å². The third-order valence-corrected chi connectivity index (χ3v) is 3.44. The summed E-state index contributed by atoms with van der Waals surface area (Å²) >= 11 is 9.31. The van der Waals surface area contributed by atoms with E-state index in [0.29, 0.717) is 15.4 Å². The summed E-state index contributed by atoms with van der Waals surface area (Å²) in [5.41, 5.74) is 0.332. The van der Waals surface area contributed by atoms with Crippen LogP contribution < -0.4 is 4.74 Å². The number of rotatable bonds is 2. The van der Waals surface area contributed by atoms with Crippen molar-refractivity contribution in [2.45, 2.75) is 12.6 Å². The number of aromatic nitrogens is 1. The Morgan fingerprint density at radius 1 is 1.37 bits per heavy atom. The molecule has 0 radical (unpaired) electrons. The average molecular weight is 355 g/mol. The minimum Gasteiger partial charge on any atom is -0.481 e. The monoisotopic (exact) mass is 353 g/mol. The predicted octanol–water partition coefficient (Wildman–Crippen LogP) is 4.76. The molecule has 2 rings (SSSR count). The normalized spacial score (nSPS) is 11.9. The van der Waals surface area contributed by atoms with Crippen molar-refractivity contribution in [1.29, 1.82) is 0 Å². The van der Waals surface area contributed by atoms with E-state index in [1.165, 1.54) is 7.11 Å². The third-order valence-electron chi connectivity index (χ3n) is 2.51. The largest absolute Gasteiger partial charge is 0.481 e. The second-order valence-corrected chi connectivity index (χ2v) is 5.16. The smallest absolute Gasteiger partial charge is 0.393 e. The highest BCUT2D eigenvalue weighted by molar-refractivity contribution is 9.10. The fraction of sp³-hybridized carbons (Fsp3) is 0.250. The zero-order valence-corrected chi connectivity index (χ0v) is 12.0. The van der Waals surface area contributed by atoms with Gasteiger partial charge in [-0.2, -0.15) is 13.2 Å². The van der Waals surface area contributed by atoms with Crippen molar-refractivity contribution in [2.75, 3.05) is 7.11 Å². The SMILES string of the molecule is COc1nc2ccc(Br)cc2c(Cl)c1CC(F)(F)F. The first-order valence-corrected chi connectivity index (χ1v) is 6.37. The van der Waals surface area contributed by atoms with Crippen LogP contribution in [0.4, 0.5) is 13.2 Å². The molecule has 1 aromatic carbocycles. The number of benzene rings is 1. The zero-order valence-electron chi connectivity index (χ0n) is 9.68. The quantitative estimate of drug-likeness (QED) is 0.775. The van der Waals surface area contributed by atoms with Crippen molar-refractivity contribution in [3.8, 4) is 5.88 Å². The Morgan fingerprint density at radius 3 is 2.63 bits per heavy atom. The van der Waals surface area contributed by atoms with E-state index >= 15 is 0 Å². The molecule has 0 aliphatic carbocycles. The first-order valence-electron chi connectivity index (χ1n) is 5.20. The molecule has 0 bridgehead atoms. The van der Waals surface area contributed by atoms with Crippen LogP contribution in [0.5, 0.6) is 5.88 Å². The number of alkyl halides is 3. The summed E-state index contributed by atoms with van der Waals surface area (Å²) in [6.45, 7) is 0. The van der Waals surface area contributed by atoms with E-state index in [-0.39, 0.29) is 16.5 Å². The van der Waals surface area contributed by atoms with Gasteiger partial charge in [0.25, 0.3) is 0 Å². The van der Waals surface area contributed by atoms with E-state index in [1.54, 1.807) is 18.2 Å². The summed E-state index contributed by atoms with van der Waals surface area (Å²) in [6.07, 6.45) is -5.55. The van der Waals surface area contributed by atoms with Gasteiger partial charge in [0.05, 0.1) is 24.1 Å². The van der Waals surface area contributed by atoms with Gasteiger partial charge in [-0.05, 0) is 18.2 Å². The van der Waals surface area contributed by atoms with Crippen molar-refractivity contribution < 1.29 is 17.9 Å². The first-order chi connectivity index (χ1) is 8.81. The van der Waals surface area contributed by atoms with Gasteiger partial charge < -0.3 is 4.74 Å². The van der Waals surface area contributed by atoms with Crippen molar-refractivity contribution >= 4 is 38.4 Å². The Kier molecular flexibility index (Phi) is 3.92. The summed E-state index contributed by atoms with van der Waals surface area (Å²) in [7, 11) is 1.27. The number of nitrogens with zero attached hydrogens (tertiary/aromatic N) is 1. The molecule has 19 heavy (non-hydrogen) atoms. The molecule has 0 unspecified atom stereocenters. The maximum atomic E-state index is 12.6. The summed E-state index contributed by atoms with van der Waals surface area (Å²) in [6, 6.07) is 5.02. The van der Waals surface area contributed by atoms with Crippen LogP contribution in [0, 0.1) is 0 Å². The number of ether oxygens (including phenoxy) is 1. The van der Waals surface area contributed by atoms with E-state index in [2.05, 4.69) is 20.9 Å². The average Bonchev–Trinajstić information content (AvgIpc) is 2.32. The molecule has 0 fully saturated rings. The number of halogens is 5. The summed E-state index contributed by atoms with van der Waals surface area (Å²) in [5.74, 6) is -0.0999. The highest BCUT2D eigenvalue weighted by Gasteiger charge is 2.32. The number of pyridine rings is 1. The molecule has 0 saturated carbocycles. The van der Waals surface area contributed by atoms with Gasteiger partial charge in [0.2, 0.25) is 5.88 Å². The van der Waals surface area contributed by atoms with Crippen LogP contribution in [-0.2, 0) is 6.42 Å². The lowest BCUT2D eigenvalue weighted by atomic mass is 10.1. The molecular weight excluding hydrogens is 346 g/mol. The Hall–Kier alpha value is -1.01. The van der Waals surface area contributed by atoms with E-state index < -0.39 is 12.6 Å². The van der Waals surface area contributed by atoms with E-state index in [4.69, 9.17) is 16.3 Å². The van der Waals surface area contributed by atoms with Gasteiger partial charge in [0, 0.05) is 15.4 Å². The maximum absolute atomic E-state index is 12.6. The fourth-order valence-electron chi connectivity index (χ4n) is 1.74. The van der Waals surface area contributed by atoms with Crippen LogP contribution in [0.25, 0.3) is 10.9 Å². The third kappa shape index (κ3) is 3.12. The molecule has 0 N–H and O–H groups in total. The lowest BCUT2D eigenvalue weighted by molar-refractivity contribution is -0.127. The second kappa shape index (κ2) is 5.17. The molecule has 7 heteroatoms. The lowest BCUT2D eigenvalue weighted by Crippen LogP contribution is -2.13. The fourth-order valence-corrected chi connectivity index (χ4v) is 2.40. The molecule has 1 heterocycles. The number of fused-ring (bicyclic) bond motifs is 1. The van der Waals surface area contributed by atoms with E-state index in [0.717, 1.165) is 0 Å².